The summed E-state index contributed by atoms with van der Waals surface area (Å²) in [6.07, 6.45) is 4.72. The third kappa shape index (κ3) is 2.77. The van der Waals surface area contributed by atoms with Crippen molar-refractivity contribution in [3.8, 4) is 0 Å². The number of carbonyl (C=O) groups excluding carboxylic acids is 3. The molecule has 3 saturated carbocycles. The monoisotopic (exact) mass is 308 g/mol. The maximum absolute atomic E-state index is 12.2. The minimum atomic E-state index is -0.926. The van der Waals surface area contributed by atoms with Gasteiger partial charge >= 0.3 is 11.9 Å². The molecule has 0 amide bonds. The lowest BCUT2D eigenvalue weighted by Crippen LogP contribution is -2.37. The molecule has 0 radical (unpaired) electrons. The van der Waals surface area contributed by atoms with Crippen LogP contribution in [0.25, 0.3) is 0 Å². The van der Waals surface area contributed by atoms with Gasteiger partial charge in [0.05, 0.1) is 0 Å². The maximum atomic E-state index is 12.2. The molecule has 0 aromatic heterocycles. The van der Waals surface area contributed by atoms with Crippen molar-refractivity contribution in [3.05, 3.63) is 0 Å². The van der Waals surface area contributed by atoms with E-state index in [0.717, 1.165) is 12.8 Å². The number of carbonyl (C=O) groups is 3. The zero-order chi connectivity index (χ0) is 16.1. The number of esters is 2. The van der Waals surface area contributed by atoms with E-state index in [0.29, 0.717) is 17.3 Å². The van der Waals surface area contributed by atoms with Gasteiger partial charge in [-0.2, -0.15) is 0 Å². The Morgan fingerprint density at radius 2 is 1.59 bits per heavy atom. The molecular formula is C17H24O5. The SMILES string of the molecule is CC(=O)OC(OC(C)=O)C1C[C@H]2CC3(CC3)C[C@H]2[C@@H]1C(C)=O. The van der Waals surface area contributed by atoms with Crippen molar-refractivity contribution in [1.82, 2.24) is 0 Å². The van der Waals surface area contributed by atoms with Crippen LogP contribution >= 0.6 is 0 Å². The highest BCUT2D eigenvalue weighted by atomic mass is 16.7. The minimum Gasteiger partial charge on any atom is -0.425 e. The van der Waals surface area contributed by atoms with Crippen molar-refractivity contribution < 1.29 is 23.9 Å². The molecular weight excluding hydrogens is 284 g/mol. The molecule has 0 bridgehead atoms. The van der Waals surface area contributed by atoms with Crippen molar-refractivity contribution in [2.24, 2.45) is 29.1 Å². The smallest absolute Gasteiger partial charge is 0.305 e. The van der Waals surface area contributed by atoms with Crippen molar-refractivity contribution in [3.63, 3.8) is 0 Å². The third-order valence-electron chi connectivity index (χ3n) is 5.81. The number of ether oxygens (including phenoxy) is 2. The summed E-state index contributed by atoms with van der Waals surface area (Å²) in [6, 6.07) is 0. The molecule has 1 spiro atoms. The van der Waals surface area contributed by atoms with Gasteiger partial charge in [0, 0.05) is 25.7 Å². The molecule has 0 saturated heterocycles. The quantitative estimate of drug-likeness (QED) is 0.589. The Labute approximate surface area is 130 Å². The van der Waals surface area contributed by atoms with Crippen molar-refractivity contribution in [2.45, 2.75) is 59.2 Å². The lowest BCUT2D eigenvalue weighted by atomic mass is 9.83. The van der Waals surface area contributed by atoms with Crippen LogP contribution in [-0.2, 0) is 23.9 Å². The van der Waals surface area contributed by atoms with Gasteiger partial charge < -0.3 is 9.47 Å². The van der Waals surface area contributed by atoms with Gasteiger partial charge in [0.15, 0.2) is 0 Å². The largest absolute Gasteiger partial charge is 0.425 e. The molecule has 5 heteroatoms. The summed E-state index contributed by atoms with van der Waals surface area (Å²) in [7, 11) is 0. The summed E-state index contributed by atoms with van der Waals surface area (Å²) >= 11 is 0. The number of rotatable bonds is 4. The molecule has 0 aliphatic heterocycles. The Bertz CT molecular complexity index is 491. The average Bonchev–Trinajstić information content (AvgIpc) is 2.87. The molecule has 22 heavy (non-hydrogen) atoms. The van der Waals surface area contributed by atoms with Crippen molar-refractivity contribution >= 4 is 17.7 Å². The first-order valence-corrected chi connectivity index (χ1v) is 8.16. The molecule has 1 unspecified atom stereocenters. The molecule has 5 nitrogen and oxygen atoms in total. The molecule has 0 N–H and O–H groups in total. The summed E-state index contributed by atoms with van der Waals surface area (Å²) in [4.78, 5) is 34.9. The molecule has 0 aromatic rings. The van der Waals surface area contributed by atoms with Gasteiger partial charge in [0.2, 0.25) is 0 Å². The normalized spacial score (nSPS) is 34.5. The Morgan fingerprint density at radius 3 is 2.05 bits per heavy atom. The van der Waals surface area contributed by atoms with E-state index < -0.39 is 18.2 Å². The predicted molar refractivity (Wildman–Crippen MR) is 77.5 cm³/mol. The van der Waals surface area contributed by atoms with E-state index in [1.165, 1.54) is 33.1 Å². The van der Waals surface area contributed by atoms with E-state index in [2.05, 4.69) is 0 Å². The Kier molecular flexibility index (Phi) is 3.77. The number of ketones is 1. The van der Waals surface area contributed by atoms with Crippen LogP contribution in [0.15, 0.2) is 0 Å². The molecule has 3 fully saturated rings. The lowest BCUT2D eigenvalue weighted by molar-refractivity contribution is -0.198. The molecule has 3 rings (SSSR count). The summed E-state index contributed by atoms with van der Waals surface area (Å²) in [5.41, 5.74) is 0.492. The first-order valence-electron chi connectivity index (χ1n) is 8.16. The van der Waals surface area contributed by atoms with E-state index in [4.69, 9.17) is 9.47 Å². The minimum absolute atomic E-state index is 0.125. The van der Waals surface area contributed by atoms with Crippen LogP contribution < -0.4 is 0 Å². The van der Waals surface area contributed by atoms with Crippen LogP contribution in [0.5, 0.6) is 0 Å². The molecule has 0 heterocycles. The highest BCUT2D eigenvalue weighted by Crippen LogP contribution is 2.67. The van der Waals surface area contributed by atoms with Crippen LogP contribution in [0.3, 0.4) is 0 Å². The highest BCUT2D eigenvalue weighted by molar-refractivity contribution is 5.79. The van der Waals surface area contributed by atoms with Crippen LogP contribution in [0.2, 0.25) is 0 Å². The zero-order valence-electron chi connectivity index (χ0n) is 13.5. The third-order valence-corrected chi connectivity index (χ3v) is 5.81. The second-order valence-electron chi connectivity index (χ2n) is 7.46. The van der Waals surface area contributed by atoms with Crippen LogP contribution in [0, 0.1) is 29.1 Å². The fraction of sp³-hybridized carbons (Fsp3) is 0.824. The first-order chi connectivity index (χ1) is 10.3. The van der Waals surface area contributed by atoms with Crippen LogP contribution in [0.1, 0.15) is 52.9 Å². The number of hydrogen-bond acceptors (Lipinski definition) is 5. The lowest BCUT2D eigenvalue weighted by Gasteiger charge is -2.28. The van der Waals surface area contributed by atoms with E-state index >= 15 is 0 Å². The summed E-state index contributed by atoms with van der Waals surface area (Å²) in [6.45, 7) is 4.21. The average molecular weight is 308 g/mol. The number of fused-ring (bicyclic) bond motifs is 1. The Morgan fingerprint density at radius 1 is 1.00 bits per heavy atom. The second-order valence-corrected chi connectivity index (χ2v) is 7.46. The standard InChI is InChI=1S/C17H24O5/c1-9(18)15-13(16(21-10(2)19)22-11(3)20)6-12-7-17(4-5-17)8-14(12)15/h12-16H,4-8H2,1-3H3/t12-,13?,14+,15+/m0/s1. The fourth-order valence-electron chi connectivity index (χ4n) is 4.94. The molecule has 3 aliphatic carbocycles. The topological polar surface area (TPSA) is 69.7 Å². The van der Waals surface area contributed by atoms with E-state index in [-0.39, 0.29) is 17.6 Å². The number of hydrogen-bond donors (Lipinski definition) is 0. The maximum Gasteiger partial charge on any atom is 0.305 e. The highest BCUT2D eigenvalue weighted by Gasteiger charge is 2.61. The molecule has 122 valence electrons. The van der Waals surface area contributed by atoms with Gasteiger partial charge in [-0.3, -0.25) is 14.4 Å². The first kappa shape index (κ1) is 15.5. The fourth-order valence-corrected chi connectivity index (χ4v) is 4.94. The summed E-state index contributed by atoms with van der Waals surface area (Å²) < 4.78 is 10.4. The van der Waals surface area contributed by atoms with E-state index in [1.54, 1.807) is 6.92 Å². The summed E-state index contributed by atoms with van der Waals surface area (Å²) in [5.74, 6) is -0.341. The Balaban J connectivity index is 1.80. The van der Waals surface area contributed by atoms with Gasteiger partial charge in [-0.05, 0) is 56.3 Å². The van der Waals surface area contributed by atoms with Gasteiger partial charge in [0.1, 0.15) is 5.78 Å². The molecule has 4 atom stereocenters. The van der Waals surface area contributed by atoms with Gasteiger partial charge in [0.25, 0.3) is 6.29 Å². The zero-order valence-corrected chi connectivity index (χ0v) is 13.5. The predicted octanol–water partition coefficient (Wildman–Crippen LogP) is 2.47. The second kappa shape index (κ2) is 5.36. The van der Waals surface area contributed by atoms with Crippen LogP contribution in [-0.4, -0.2) is 24.0 Å². The molecule has 0 aromatic carbocycles. The van der Waals surface area contributed by atoms with Crippen molar-refractivity contribution in [1.29, 1.82) is 0 Å². The van der Waals surface area contributed by atoms with Gasteiger partial charge in [-0.25, -0.2) is 0 Å². The van der Waals surface area contributed by atoms with Gasteiger partial charge in [-0.1, -0.05) is 0 Å². The van der Waals surface area contributed by atoms with Crippen LogP contribution in [0.4, 0.5) is 0 Å². The van der Waals surface area contributed by atoms with E-state index in [9.17, 15) is 14.4 Å². The van der Waals surface area contributed by atoms with Crippen molar-refractivity contribution in [2.75, 3.05) is 0 Å². The summed E-state index contributed by atoms with van der Waals surface area (Å²) in [5, 5.41) is 0. The van der Waals surface area contributed by atoms with E-state index in [1.807, 2.05) is 0 Å². The Hall–Kier alpha value is -1.39. The number of Topliss-reactive ketones (excluding diaryl/α,β-unsaturated/α-hetero) is 1. The molecule has 3 aliphatic rings. The van der Waals surface area contributed by atoms with Gasteiger partial charge in [-0.15, -0.1) is 0 Å².